The highest BCUT2D eigenvalue weighted by Gasteiger charge is 2.38. The lowest BCUT2D eigenvalue weighted by molar-refractivity contribution is 0.0977. The van der Waals surface area contributed by atoms with Gasteiger partial charge in [0.1, 0.15) is 22.8 Å². The van der Waals surface area contributed by atoms with Gasteiger partial charge in [0, 0.05) is 22.8 Å². The van der Waals surface area contributed by atoms with Crippen molar-refractivity contribution in [2.75, 3.05) is 7.11 Å². The number of pyridine rings is 1. The number of aromatic nitrogens is 2. The predicted molar refractivity (Wildman–Crippen MR) is 134 cm³/mol. The van der Waals surface area contributed by atoms with Crippen molar-refractivity contribution >= 4 is 38.2 Å². The molecule has 180 valence electrons. The predicted octanol–water partition coefficient (Wildman–Crippen LogP) is 4.51. The highest BCUT2D eigenvalue weighted by atomic mass is 32.2. The van der Waals surface area contributed by atoms with Crippen LogP contribution in [0.15, 0.2) is 52.7 Å². The first kappa shape index (κ1) is 23.3. The van der Waals surface area contributed by atoms with Gasteiger partial charge in [-0.1, -0.05) is 18.2 Å². The van der Waals surface area contributed by atoms with E-state index >= 15 is 0 Å². The summed E-state index contributed by atoms with van der Waals surface area (Å²) in [4.78, 5) is 21.8. The smallest absolute Gasteiger partial charge is 0.283 e. The number of nitrogens with one attached hydrogen (secondary N) is 1. The van der Waals surface area contributed by atoms with E-state index in [-0.39, 0.29) is 22.1 Å². The first-order chi connectivity index (χ1) is 16.6. The second-order valence-electron chi connectivity index (χ2n) is 8.88. The van der Waals surface area contributed by atoms with Crippen LogP contribution in [-0.4, -0.2) is 37.0 Å². The number of carbonyl (C=O) groups excluding carboxylic acids is 1. The highest BCUT2D eigenvalue weighted by molar-refractivity contribution is 7.90. The molecule has 0 spiro atoms. The number of rotatable bonds is 5. The molecule has 8 nitrogen and oxygen atoms in total. The number of amides is 1. The fraction of sp³-hybridized carbons (Fsp3) is 0.240. The number of hydrogen-bond acceptors (Lipinski definition) is 8. The molecule has 0 fully saturated rings. The van der Waals surface area contributed by atoms with Gasteiger partial charge in [0.15, 0.2) is 4.90 Å². The largest absolute Gasteiger partial charge is 0.495 e. The topological polar surface area (TPSA) is 107 Å². The van der Waals surface area contributed by atoms with E-state index < -0.39 is 21.5 Å². The van der Waals surface area contributed by atoms with Crippen LogP contribution in [0.4, 0.5) is 0 Å². The summed E-state index contributed by atoms with van der Waals surface area (Å²) >= 11 is 1.55. The van der Waals surface area contributed by atoms with Crippen molar-refractivity contribution in [1.29, 1.82) is 0 Å². The summed E-state index contributed by atoms with van der Waals surface area (Å²) in [5, 5.41) is 3.73. The van der Waals surface area contributed by atoms with Crippen molar-refractivity contribution in [2.24, 2.45) is 0 Å². The van der Waals surface area contributed by atoms with Crippen LogP contribution in [-0.2, 0) is 16.4 Å². The molecule has 1 aliphatic heterocycles. The lowest BCUT2D eigenvalue weighted by atomic mass is 10.0. The first-order valence-electron chi connectivity index (χ1n) is 10.9. The van der Waals surface area contributed by atoms with Gasteiger partial charge in [0.2, 0.25) is 0 Å². The Morgan fingerprint density at radius 1 is 1.14 bits per heavy atom. The van der Waals surface area contributed by atoms with Gasteiger partial charge in [-0.05, 0) is 50.6 Å². The maximum absolute atomic E-state index is 13.3. The van der Waals surface area contributed by atoms with E-state index in [0.717, 1.165) is 27.2 Å². The second-order valence-corrected chi connectivity index (χ2v) is 11.6. The van der Waals surface area contributed by atoms with E-state index in [2.05, 4.69) is 14.7 Å². The Morgan fingerprint density at radius 3 is 2.66 bits per heavy atom. The molecule has 0 saturated heterocycles. The summed E-state index contributed by atoms with van der Waals surface area (Å²) in [6.45, 7) is 5.67. The Hall–Kier alpha value is -3.50. The molecule has 0 atom stereocenters. The van der Waals surface area contributed by atoms with E-state index in [9.17, 15) is 13.2 Å². The third kappa shape index (κ3) is 4.23. The molecule has 0 unspecified atom stereocenters. The van der Waals surface area contributed by atoms with Gasteiger partial charge < -0.3 is 9.47 Å². The Labute approximate surface area is 207 Å². The molecule has 35 heavy (non-hydrogen) atoms. The minimum absolute atomic E-state index is 0.0273. The van der Waals surface area contributed by atoms with Gasteiger partial charge in [-0.2, -0.15) is 0 Å². The molecule has 0 bridgehead atoms. The van der Waals surface area contributed by atoms with Gasteiger partial charge >= 0.3 is 0 Å². The number of nitrogens with zero attached hydrogens (tertiary/aromatic N) is 2. The number of thiazole rings is 1. The van der Waals surface area contributed by atoms with Crippen molar-refractivity contribution in [1.82, 2.24) is 14.7 Å². The Balaban J connectivity index is 1.50. The van der Waals surface area contributed by atoms with Gasteiger partial charge in [-0.15, -0.1) is 11.3 Å². The average molecular weight is 510 g/mol. The van der Waals surface area contributed by atoms with Crippen LogP contribution in [0.1, 0.15) is 34.9 Å². The van der Waals surface area contributed by atoms with Crippen LogP contribution in [0.5, 0.6) is 11.5 Å². The van der Waals surface area contributed by atoms with Crippen LogP contribution >= 0.6 is 11.3 Å². The number of sulfonamides is 1. The highest BCUT2D eigenvalue weighted by Crippen LogP contribution is 2.44. The Morgan fingerprint density at radius 2 is 1.94 bits per heavy atom. The van der Waals surface area contributed by atoms with Crippen molar-refractivity contribution in [3.05, 3.63) is 64.1 Å². The van der Waals surface area contributed by atoms with Crippen LogP contribution in [0, 0.1) is 6.92 Å². The molecule has 1 amide bonds. The zero-order chi connectivity index (χ0) is 25.0. The van der Waals surface area contributed by atoms with E-state index in [0.29, 0.717) is 11.9 Å². The van der Waals surface area contributed by atoms with E-state index in [1.165, 1.54) is 13.2 Å². The van der Waals surface area contributed by atoms with E-state index in [4.69, 9.17) is 9.47 Å². The van der Waals surface area contributed by atoms with Gasteiger partial charge in [-0.25, -0.2) is 23.1 Å². The lowest BCUT2D eigenvalue weighted by Crippen LogP contribution is -2.32. The van der Waals surface area contributed by atoms with Crippen LogP contribution < -0.4 is 14.2 Å². The third-order valence-corrected chi connectivity index (χ3v) is 7.88. The monoisotopic (exact) mass is 509 g/mol. The molecule has 2 aromatic carbocycles. The summed E-state index contributed by atoms with van der Waals surface area (Å²) in [5.41, 5.74) is 2.41. The zero-order valence-corrected chi connectivity index (χ0v) is 21.2. The SMILES string of the molecule is COc1ccc2c(c1S(=O)(=O)NC(=O)c1ccc3c(-c4csc(C)n4)cccc3n1)OC(C)(C)C2. The molecule has 1 aliphatic rings. The van der Waals surface area contributed by atoms with Crippen molar-refractivity contribution < 1.29 is 22.7 Å². The fourth-order valence-corrected chi connectivity index (χ4v) is 6.14. The number of methoxy groups -OCH3 is 1. The minimum atomic E-state index is -4.33. The molecule has 5 rings (SSSR count). The number of benzene rings is 2. The molecule has 0 radical (unpaired) electrons. The lowest BCUT2D eigenvalue weighted by Gasteiger charge is -2.19. The molecule has 10 heteroatoms. The number of ether oxygens (including phenoxy) is 2. The normalized spacial score (nSPS) is 14.4. The maximum atomic E-state index is 13.3. The Bertz CT molecular complexity index is 1590. The Kier molecular flexibility index (Phi) is 5.52. The summed E-state index contributed by atoms with van der Waals surface area (Å²) in [6, 6.07) is 12.1. The molecule has 3 heterocycles. The number of hydrogen-bond donors (Lipinski definition) is 1. The van der Waals surface area contributed by atoms with Crippen molar-refractivity contribution in [3.63, 3.8) is 0 Å². The summed E-state index contributed by atoms with van der Waals surface area (Å²) in [7, 11) is -2.96. The third-order valence-electron chi connectivity index (χ3n) is 5.73. The van der Waals surface area contributed by atoms with Crippen LogP contribution in [0.3, 0.4) is 0 Å². The average Bonchev–Trinajstić information content (AvgIpc) is 3.37. The molecular formula is C25H23N3O5S2. The van der Waals surface area contributed by atoms with Crippen molar-refractivity contribution in [3.8, 4) is 22.8 Å². The minimum Gasteiger partial charge on any atom is -0.495 e. The fourth-order valence-electron chi connectivity index (χ4n) is 4.24. The number of aryl methyl sites for hydroxylation is 1. The molecule has 0 saturated carbocycles. The van der Waals surface area contributed by atoms with Crippen LogP contribution in [0.2, 0.25) is 0 Å². The van der Waals surface area contributed by atoms with Gasteiger partial charge in [-0.3, -0.25) is 4.79 Å². The molecular weight excluding hydrogens is 486 g/mol. The summed E-state index contributed by atoms with van der Waals surface area (Å²) in [5.74, 6) is -0.556. The molecule has 2 aromatic heterocycles. The number of fused-ring (bicyclic) bond motifs is 2. The zero-order valence-electron chi connectivity index (χ0n) is 19.6. The second kappa shape index (κ2) is 8.31. The molecule has 0 aliphatic carbocycles. The molecule has 4 aromatic rings. The standard InChI is InChI=1S/C25H23N3O5S2/c1-14-26-20(13-34-14)16-6-5-7-18-17(16)9-10-19(27-18)24(29)28-35(30,31)23-21(32-4)11-8-15-12-25(2,3)33-22(15)23/h5-11,13H,12H2,1-4H3,(H,28,29). The quantitative estimate of drug-likeness (QED) is 0.422. The van der Waals surface area contributed by atoms with Crippen LogP contribution in [0.25, 0.3) is 22.2 Å². The maximum Gasteiger partial charge on any atom is 0.283 e. The van der Waals surface area contributed by atoms with E-state index in [1.807, 2.05) is 38.3 Å². The van der Waals surface area contributed by atoms with Crippen molar-refractivity contribution in [2.45, 2.75) is 37.7 Å². The molecule has 1 N–H and O–H groups in total. The van der Waals surface area contributed by atoms with E-state index in [1.54, 1.807) is 35.6 Å². The van der Waals surface area contributed by atoms with Gasteiger partial charge in [0.25, 0.3) is 15.9 Å². The number of carbonyl (C=O) groups is 1. The van der Waals surface area contributed by atoms with Gasteiger partial charge in [0.05, 0.1) is 23.3 Å². The first-order valence-corrected chi connectivity index (χ1v) is 13.2. The summed E-state index contributed by atoms with van der Waals surface area (Å²) in [6.07, 6.45) is 0.538. The summed E-state index contributed by atoms with van der Waals surface area (Å²) < 4.78 is 40.0.